The molecule has 0 aromatic heterocycles. The quantitative estimate of drug-likeness (QED) is 0.752. The molecule has 5 heteroatoms. The van der Waals surface area contributed by atoms with Gasteiger partial charge in [0.05, 0.1) is 18.6 Å². The third-order valence-electron chi connectivity index (χ3n) is 2.69. The van der Waals surface area contributed by atoms with Gasteiger partial charge < -0.3 is 15.2 Å². The molecule has 0 heterocycles. The molecule has 2 atom stereocenters. The highest BCUT2D eigenvalue weighted by Crippen LogP contribution is 2.06. The molecule has 0 bridgehead atoms. The zero-order valence-corrected chi connectivity index (χ0v) is 11.1. The Morgan fingerprint density at radius 1 is 1.32 bits per heavy atom. The van der Waals surface area contributed by atoms with Crippen molar-refractivity contribution in [2.24, 2.45) is 5.92 Å². The molecular weight excluding hydrogens is 246 g/mol. The predicted octanol–water partition coefficient (Wildman–Crippen LogP) is 0.976. The molecule has 1 rings (SSSR count). The minimum atomic E-state index is -0.880. The van der Waals surface area contributed by atoms with Crippen LogP contribution in [0.5, 0.6) is 0 Å². The summed E-state index contributed by atoms with van der Waals surface area (Å²) in [6.45, 7) is 3.48. The minimum absolute atomic E-state index is 0.0459. The second-order valence-electron chi connectivity index (χ2n) is 4.18. The molecule has 104 valence electrons. The van der Waals surface area contributed by atoms with Crippen molar-refractivity contribution in [3.05, 3.63) is 35.9 Å². The number of benzene rings is 1. The summed E-state index contributed by atoms with van der Waals surface area (Å²) in [5.41, 5.74) is 0.510. The Hall–Kier alpha value is -1.88. The SMILES string of the molecule is CCOC(=O)[C@@H](CNC(=O)c1ccccc1)[C@@H](C)O. The van der Waals surface area contributed by atoms with Crippen LogP contribution in [0.25, 0.3) is 0 Å². The minimum Gasteiger partial charge on any atom is -0.466 e. The van der Waals surface area contributed by atoms with Gasteiger partial charge in [0.2, 0.25) is 0 Å². The highest BCUT2D eigenvalue weighted by Gasteiger charge is 2.25. The molecule has 2 N–H and O–H groups in total. The average molecular weight is 265 g/mol. The number of carbonyl (C=O) groups excluding carboxylic acids is 2. The van der Waals surface area contributed by atoms with Gasteiger partial charge in [-0.15, -0.1) is 0 Å². The number of rotatable bonds is 6. The zero-order chi connectivity index (χ0) is 14.3. The molecule has 0 aliphatic rings. The van der Waals surface area contributed by atoms with Crippen LogP contribution in [0, 0.1) is 5.92 Å². The maximum Gasteiger partial charge on any atom is 0.313 e. The van der Waals surface area contributed by atoms with Gasteiger partial charge in [0.15, 0.2) is 0 Å². The summed E-state index contributed by atoms with van der Waals surface area (Å²) >= 11 is 0. The number of esters is 1. The fraction of sp³-hybridized carbons (Fsp3) is 0.429. The van der Waals surface area contributed by atoms with Crippen molar-refractivity contribution in [3.8, 4) is 0 Å². The maximum atomic E-state index is 11.8. The monoisotopic (exact) mass is 265 g/mol. The first-order chi connectivity index (χ1) is 9.06. The smallest absolute Gasteiger partial charge is 0.313 e. The molecule has 0 unspecified atom stereocenters. The van der Waals surface area contributed by atoms with Gasteiger partial charge in [0.1, 0.15) is 0 Å². The molecule has 0 spiro atoms. The third-order valence-corrected chi connectivity index (χ3v) is 2.69. The molecule has 0 aliphatic carbocycles. The Bertz CT molecular complexity index is 417. The largest absolute Gasteiger partial charge is 0.466 e. The molecule has 0 saturated carbocycles. The molecule has 1 aromatic rings. The van der Waals surface area contributed by atoms with E-state index in [-0.39, 0.29) is 19.1 Å². The first kappa shape index (κ1) is 15.2. The Labute approximate surface area is 112 Å². The normalized spacial score (nSPS) is 13.4. The van der Waals surface area contributed by atoms with E-state index in [1.807, 2.05) is 6.07 Å². The van der Waals surface area contributed by atoms with E-state index in [9.17, 15) is 14.7 Å². The molecule has 0 radical (unpaired) electrons. The number of aliphatic hydroxyl groups is 1. The van der Waals surface area contributed by atoms with Crippen LogP contribution in [0.2, 0.25) is 0 Å². The van der Waals surface area contributed by atoms with Gasteiger partial charge in [0, 0.05) is 12.1 Å². The van der Waals surface area contributed by atoms with E-state index in [0.29, 0.717) is 5.56 Å². The van der Waals surface area contributed by atoms with Crippen molar-refractivity contribution in [2.75, 3.05) is 13.2 Å². The van der Waals surface area contributed by atoms with E-state index < -0.39 is 18.0 Å². The van der Waals surface area contributed by atoms with Crippen LogP contribution in [0.3, 0.4) is 0 Å². The summed E-state index contributed by atoms with van der Waals surface area (Å²) in [6.07, 6.45) is -0.880. The first-order valence-corrected chi connectivity index (χ1v) is 6.24. The third kappa shape index (κ3) is 4.71. The van der Waals surface area contributed by atoms with Gasteiger partial charge >= 0.3 is 5.97 Å². The van der Waals surface area contributed by atoms with Crippen LogP contribution in [-0.2, 0) is 9.53 Å². The van der Waals surface area contributed by atoms with Gasteiger partial charge in [0.25, 0.3) is 5.91 Å². The number of nitrogens with one attached hydrogen (secondary N) is 1. The molecule has 0 fully saturated rings. The number of hydrogen-bond donors (Lipinski definition) is 2. The number of hydrogen-bond acceptors (Lipinski definition) is 4. The van der Waals surface area contributed by atoms with E-state index in [1.54, 1.807) is 31.2 Å². The van der Waals surface area contributed by atoms with Crippen LogP contribution >= 0.6 is 0 Å². The summed E-state index contributed by atoms with van der Waals surface area (Å²) in [5, 5.41) is 12.2. The van der Waals surface area contributed by atoms with Crippen molar-refractivity contribution < 1.29 is 19.4 Å². The standard InChI is InChI=1S/C14H19NO4/c1-3-19-14(18)12(10(2)16)9-15-13(17)11-7-5-4-6-8-11/h4-8,10,12,16H,3,9H2,1-2H3,(H,15,17)/t10-,12+/m1/s1. The summed E-state index contributed by atoms with van der Waals surface area (Å²) in [5.74, 6) is -1.55. The van der Waals surface area contributed by atoms with Gasteiger partial charge in [-0.25, -0.2) is 0 Å². The fourth-order valence-corrected chi connectivity index (χ4v) is 1.59. The molecule has 5 nitrogen and oxygen atoms in total. The molecule has 0 saturated heterocycles. The molecule has 1 amide bonds. The number of ether oxygens (including phenoxy) is 1. The van der Waals surface area contributed by atoms with Crippen molar-refractivity contribution in [2.45, 2.75) is 20.0 Å². The summed E-state index contributed by atoms with van der Waals surface area (Å²) in [4.78, 5) is 23.4. The first-order valence-electron chi connectivity index (χ1n) is 6.24. The van der Waals surface area contributed by atoms with Crippen LogP contribution < -0.4 is 5.32 Å². The Kier molecular flexibility index (Phi) is 6.02. The Balaban J connectivity index is 2.57. The second kappa shape index (κ2) is 7.53. The summed E-state index contributed by atoms with van der Waals surface area (Å²) in [7, 11) is 0. The van der Waals surface area contributed by atoms with Crippen molar-refractivity contribution in [3.63, 3.8) is 0 Å². The van der Waals surface area contributed by atoms with Gasteiger partial charge in [-0.1, -0.05) is 18.2 Å². The fourth-order valence-electron chi connectivity index (χ4n) is 1.59. The second-order valence-corrected chi connectivity index (χ2v) is 4.18. The summed E-state index contributed by atoms with van der Waals surface area (Å²) < 4.78 is 4.85. The van der Waals surface area contributed by atoms with Gasteiger partial charge in [-0.2, -0.15) is 0 Å². The maximum absolute atomic E-state index is 11.8. The highest BCUT2D eigenvalue weighted by atomic mass is 16.5. The van der Waals surface area contributed by atoms with Crippen LogP contribution in [0.1, 0.15) is 24.2 Å². The van der Waals surface area contributed by atoms with Gasteiger partial charge in [-0.05, 0) is 26.0 Å². The molecule has 0 aliphatic heterocycles. The lowest BCUT2D eigenvalue weighted by Gasteiger charge is -2.18. The predicted molar refractivity (Wildman–Crippen MR) is 70.6 cm³/mol. The number of aliphatic hydroxyl groups excluding tert-OH is 1. The van der Waals surface area contributed by atoms with E-state index in [4.69, 9.17) is 4.74 Å². The van der Waals surface area contributed by atoms with Crippen LogP contribution in [0.15, 0.2) is 30.3 Å². The molecule has 19 heavy (non-hydrogen) atoms. The number of carbonyl (C=O) groups is 2. The lowest BCUT2D eigenvalue weighted by Crippen LogP contribution is -2.39. The summed E-state index contributed by atoms with van der Waals surface area (Å²) in [6, 6.07) is 8.68. The van der Waals surface area contributed by atoms with Crippen molar-refractivity contribution in [1.29, 1.82) is 0 Å². The lowest BCUT2D eigenvalue weighted by atomic mass is 10.0. The lowest BCUT2D eigenvalue weighted by molar-refractivity contribution is -0.151. The topological polar surface area (TPSA) is 75.6 Å². The van der Waals surface area contributed by atoms with Gasteiger partial charge in [-0.3, -0.25) is 9.59 Å². The Morgan fingerprint density at radius 3 is 2.47 bits per heavy atom. The highest BCUT2D eigenvalue weighted by molar-refractivity contribution is 5.94. The van der Waals surface area contributed by atoms with Crippen LogP contribution in [-0.4, -0.2) is 36.2 Å². The van der Waals surface area contributed by atoms with E-state index >= 15 is 0 Å². The van der Waals surface area contributed by atoms with Crippen LogP contribution in [0.4, 0.5) is 0 Å². The average Bonchev–Trinajstić information content (AvgIpc) is 2.39. The van der Waals surface area contributed by atoms with E-state index in [1.165, 1.54) is 6.92 Å². The van der Waals surface area contributed by atoms with E-state index in [2.05, 4.69) is 5.32 Å². The Morgan fingerprint density at radius 2 is 1.95 bits per heavy atom. The number of amides is 1. The zero-order valence-electron chi connectivity index (χ0n) is 11.1. The van der Waals surface area contributed by atoms with E-state index in [0.717, 1.165) is 0 Å². The van der Waals surface area contributed by atoms with Crippen molar-refractivity contribution >= 4 is 11.9 Å². The van der Waals surface area contributed by atoms with Crippen molar-refractivity contribution in [1.82, 2.24) is 5.32 Å². The molecular formula is C14H19NO4. The molecule has 1 aromatic carbocycles.